The van der Waals surface area contributed by atoms with Gasteiger partial charge in [0.1, 0.15) is 0 Å². The first kappa shape index (κ1) is 13.4. The summed E-state index contributed by atoms with van der Waals surface area (Å²) in [5, 5.41) is 2.91. The summed E-state index contributed by atoms with van der Waals surface area (Å²) in [6, 6.07) is 6.36. The number of anilines is 1. The predicted octanol–water partition coefficient (Wildman–Crippen LogP) is 1.98. The topological polar surface area (TPSA) is 32.3 Å². The number of carbonyl (C=O) groups is 1. The molecule has 1 N–H and O–H groups in total. The van der Waals surface area contributed by atoms with Crippen molar-refractivity contribution in [3.63, 3.8) is 0 Å². The molecule has 98 valence electrons. The Morgan fingerprint density at radius 3 is 2.94 bits per heavy atom. The molecule has 0 bridgehead atoms. The van der Waals surface area contributed by atoms with Crippen LogP contribution in [0.4, 0.5) is 5.69 Å². The first-order chi connectivity index (χ1) is 8.69. The quantitative estimate of drug-likeness (QED) is 0.797. The lowest BCUT2D eigenvalue weighted by atomic mass is 9.99. The molecule has 2 rings (SSSR count). The highest BCUT2D eigenvalue weighted by atomic mass is 32.1. The molecule has 1 aromatic carbocycles. The lowest BCUT2D eigenvalue weighted by Crippen LogP contribution is -2.23. The lowest BCUT2D eigenvalue weighted by molar-refractivity contribution is -0.116. The Labute approximate surface area is 114 Å². The first-order valence-corrected chi connectivity index (χ1v) is 7.03. The standard InChI is InChI=1S/C14H20N2OS/c1-16(8-9-18)7-6-11-2-4-13-12(10-11)3-5-14(17)15-13/h2,4,10,18H,3,5-9H2,1H3,(H,15,17). The minimum Gasteiger partial charge on any atom is -0.326 e. The van der Waals surface area contributed by atoms with Crippen LogP contribution in [-0.2, 0) is 17.6 Å². The van der Waals surface area contributed by atoms with Crippen molar-refractivity contribution in [2.75, 3.05) is 31.2 Å². The largest absolute Gasteiger partial charge is 0.326 e. The van der Waals surface area contributed by atoms with Crippen LogP contribution in [0.1, 0.15) is 17.5 Å². The van der Waals surface area contributed by atoms with Gasteiger partial charge >= 0.3 is 0 Å². The number of nitrogens with zero attached hydrogens (tertiary/aromatic N) is 1. The van der Waals surface area contributed by atoms with Crippen LogP contribution >= 0.6 is 12.6 Å². The van der Waals surface area contributed by atoms with E-state index in [0.717, 1.165) is 37.4 Å². The van der Waals surface area contributed by atoms with Gasteiger partial charge in [-0.25, -0.2) is 0 Å². The van der Waals surface area contributed by atoms with E-state index in [1.165, 1.54) is 11.1 Å². The Balaban J connectivity index is 1.97. The summed E-state index contributed by atoms with van der Waals surface area (Å²) in [5.74, 6) is 1.02. The summed E-state index contributed by atoms with van der Waals surface area (Å²) >= 11 is 4.23. The van der Waals surface area contributed by atoms with E-state index < -0.39 is 0 Å². The number of rotatable bonds is 5. The number of fused-ring (bicyclic) bond motifs is 1. The molecule has 1 aliphatic rings. The highest BCUT2D eigenvalue weighted by Gasteiger charge is 2.14. The van der Waals surface area contributed by atoms with Gasteiger partial charge in [0.2, 0.25) is 5.91 Å². The maximum atomic E-state index is 11.3. The average molecular weight is 264 g/mol. The zero-order chi connectivity index (χ0) is 13.0. The van der Waals surface area contributed by atoms with Crippen molar-refractivity contribution in [1.29, 1.82) is 0 Å². The number of thiol groups is 1. The third-order valence-corrected chi connectivity index (χ3v) is 3.53. The summed E-state index contributed by atoms with van der Waals surface area (Å²) in [5.41, 5.74) is 3.60. The molecule has 0 saturated heterocycles. The Hall–Kier alpha value is -1.00. The minimum atomic E-state index is 0.128. The van der Waals surface area contributed by atoms with Crippen molar-refractivity contribution in [3.05, 3.63) is 29.3 Å². The van der Waals surface area contributed by atoms with Crippen molar-refractivity contribution < 1.29 is 4.79 Å². The molecule has 18 heavy (non-hydrogen) atoms. The van der Waals surface area contributed by atoms with Gasteiger partial charge < -0.3 is 10.2 Å². The van der Waals surface area contributed by atoms with Gasteiger partial charge in [0.05, 0.1) is 0 Å². The molecule has 0 fully saturated rings. The third-order valence-electron chi connectivity index (χ3n) is 3.33. The van der Waals surface area contributed by atoms with Crippen LogP contribution in [0, 0.1) is 0 Å². The van der Waals surface area contributed by atoms with Crippen molar-refractivity contribution in [1.82, 2.24) is 4.90 Å². The number of benzene rings is 1. The van der Waals surface area contributed by atoms with E-state index in [4.69, 9.17) is 0 Å². The Kier molecular flexibility index (Phi) is 4.66. The Morgan fingerprint density at radius 2 is 2.17 bits per heavy atom. The monoisotopic (exact) mass is 264 g/mol. The first-order valence-electron chi connectivity index (χ1n) is 6.40. The fourth-order valence-electron chi connectivity index (χ4n) is 2.19. The molecule has 0 aliphatic carbocycles. The number of hydrogen-bond acceptors (Lipinski definition) is 3. The number of likely N-dealkylation sites (N-methyl/N-ethyl adjacent to an activating group) is 1. The van der Waals surface area contributed by atoms with Gasteiger partial charge in [-0.05, 0) is 37.1 Å². The number of amides is 1. The van der Waals surface area contributed by atoms with E-state index in [1.807, 2.05) is 6.07 Å². The van der Waals surface area contributed by atoms with Crippen LogP contribution in [0.2, 0.25) is 0 Å². The van der Waals surface area contributed by atoms with Crippen molar-refractivity contribution in [3.8, 4) is 0 Å². The Morgan fingerprint density at radius 1 is 1.33 bits per heavy atom. The second-order valence-corrected chi connectivity index (χ2v) is 5.26. The average Bonchev–Trinajstić information content (AvgIpc) is 2.36. The summed E-state index contributed by atoms with van der Waals surface area (Å²) in [4.78, 5) is 13.6. The second kappa shape index (κ2) is 6.25. The molecular formula is C14H20N2OS. The molecule has 0 radical (unpaired) electrons. The van der Waals surface area contributed by atoms with Gasteiger partial charge in [-0.1, -0.05) is 12.1 Å². The maximum Gasteiger partial charge on any atom is 0.224 e. The third kappa shape index (κ3) is 3.50. The predicted molar refractivity (Wildman–Crippen MR) is 78.4 cm³/mol. The van der Waals surface area contributed by atoms with Crippen molar-refractivity contribution >= 4 is 24.2 Å². The molecule has 0 spiro atoms. The van der Waals surface area contributed by atoms with Gasteiger partial charge in [-0.3, -0.25) is 4.79 Å². The Bertz CT molecular complexity index is 434. The summed E-state index contributed by atoms with van der Waals surface area (Å²) in [6.45, 7) is 2.07. The fourth-order valence-corrected chi connectivity index (χ4v) is 2.54. The number of aryl methyl sites for hydroxylation is 1. The van der Waals surface area contributed by atoms with Gasteiger partial charge in [0.25, 0.3) is 0 Å². The smallest absolute Gasteiger partial charge is 0.224 e. The van der Waals surface area contributed by atoms with Crippen LogP contribution in [0.25, 0.3) is 0 Å². The highest BCUT2D eigenvalue weighted by Crippen LogP contribution is 2.23. The van der Waals surface area contributed by atoms with Crippen LogP contribution in [-0.4, -0.2) is 36.7 Å². The summed E-state index contributed by atoms with van der Waals surface area (Å²) < 4.78 is 0. The SMILES string of the molecule is CN(CCS)CCc1ccc2c(c1)CCC(=O)N2. The highest BCUT2D eigenvalue weighted by molar-refractivity contribution is 7.80. The van der Waals surface area contributed by atoms with E-state index in [9.17, 15) is 4.79 Å². The zero-order valence-corrected chi connectivity index (χ0v) is 11.7. The van der Waals surface area contributed by atoms with E-state index in [0.29, 0.717) is 6.42 Å². The molecular weight excluding hydrogens is 244 g/mol. The molecule has 1 amide bonds. The van der Waals surface area contributed by atoms with Gasteiger partial charge in [0, 0.05) is 31.0 Å². The molecule has 0 atom stereocenters. The number of hydrogen-bond donors (Lipinski definition) is 2. The van der Waals surface area contributed by atoms with E-state index in [1.54, 1.807) is 0 Å². The molecule has 1 aromatic rings. The van der Waals surface area contributed by atoms with Crippen molar-refractivity contribution in [2.24, 2.45) is 0 Å². The maximum absolute atomic E-state index is 11.3. The lowest BCUT2D eigenvalue weighted by Gasteiger charge is -2.19. The zero-order valence-electron chi connectivity index (χ0n) is 10.8. The van der Waals surface area contributed by atoms with Gasteiger partial charge in [-0.2, -0.15) is 12.6 Å². The van der Waals surface area contributed by atoms with E-state index in [-0.39, 0.29) is 5.91 Å². The van der Waals surface area contributed by atoms with E-state index in [2.05, 4.69) is 42.0 Å². The molecule has 0 unspecified atom stereocenters. The molecule has 0 aromatic heterocycles. The fraction of sp³-hybridized carbons (Fsp3) is 0.500. The van der Waals surface area contributed by atoms with Crippen LogP contribution in [0.15, 0.2) is 18.2 Å². The van der Waals surface area contributed by atoms with Gasteiger partial charge in [0.15, 0.2) is 0 Å². The minimum absolute atomic E-state index is 0.128. The molecule has 0 saturated carbocycles. The second-order valence-electron chi connectivity index (χ2n) is 4.82. The van der Waals surface area contributed by atoms with Crippen LogP contribution in [0.5, 0.6) is 0 Å². The molecule has 1 aliphatic heterocycles. The van der Waals surface area contributed by atoms with Crippen LogP contribution in [0.3, 0.4) is 0 Å². The molecule has 4 heteroatoms. The number of carbonyl (C=O) groups excluding carboxylic acids is 1. The number of nitrogens with one attached hydrogen (secondary N) is 1. The summed E-state index contributed by atoms with van der Waals surface area (Å²) in [6.07, 6.45) is 2.52. The van der Waals surface area contributed by atoms with Crippen molar-refractivity contribution in [2.45, 2.75) is 19.3 Å². The summed E-state index contributed by atoms with van der Waals surface area (Å²) in [7, 11) is 2.12. The molecule has 3 nitrogen and oxygen atoms in total. The van der Waals surface area contributed by atoms with Gasteiger partial charge in [-0.15, -0.1) is 0 Å². The normalized spacial score (nSPS) is 14.5. The molecule has 1 heterocycles. The van der Waals surface area contributed by atoms with Crippen LogP contribution < -0.4 is 5.32 Å². The van der Waals surface area contributed by atoms with E-state index >= 15 is 0 Å².